The number of fused-ring (bicyclic) bond motifs is 1. The van der Waals surface area contributed by atoms with Crippen LogP contribution in [0.5, 0.6) is 5.75 Å². The summed E-state index contributed by atoms with van der Waals surface area (Å²) in [5.74, 6) is 1.50. The second-order valence-electron chi connectivity index (χ2n) is 6.09. The molecule has 1 aromatic heterocycles. The molecule has 1 unspecified atom stereocenters. The molecular weight excluding hydrogens is 322 g/mol. The van der Waals surface area contributed by atoms with E-state index < -0.39 is 0 Å². The molecule has 0 aliphatic carbocycles. The Morgan fingerprint density at radius 2 is 2.29 bits per heavy atom. The van der Waals surface area contributed by atoms with Crippen LogP contribution in [0.4, 0.5) is 0 Å². The van der Waals surface area contributed by atoms with Crippen LogP contribution in [0.15, 0.2) is 23.4 Å². The summed E-state index contributed by atoms with van der Waals surface area (Å²) >= 11 is 1.48. The highest BCUT2D eigenvalue weighted by atomic mass is 32.2. The molecule has 2 aromatic rings. The fourth-order valence-electron chi connectivity index (χ4n) is 3.26. The molecule has 6 heteroatoms. The molecule has 3 rings (SSSR count). The van der Waals surface area contributed by atoms with E-state index in [9.17, 15) is 4.79 Å². The van der Waals surface area contributed by atoms with Gasteiger partial charge in [0.05, 0.1) is 23.4 Å². The van der Waals surface area contributed by atoms with E-state index in [1.54, 1.807) is 0 Å². The van der Waals surface area contributed by atoms with Gasteiger partial charge in [0.2, 0.25) is 5.91 Å². The highest BCUT2D eigenvalue weighted by molar-refractivity contribution is 7.99. The monoisotopic (exact) mass is 347 g/mol. The Labute approximate surface area is 147 Å². The van der Waals surface area contributed by atoms with Gasteiger partial charge in [-0.1, -0.05) is 18.7 Å². The first-order valence-corrected chi connectivity index (χ1v) is 9.74. The third-order valence-corrected chi connectivity index (χ3v) is 5.35. The van der Waals surface area contributed by atoms with E-state index >= 15 is 0 Å². The van der Waals surface area contributed by atoms with Crippen molar-refractivity contribution in [2.45, 2.75) is 50.7 Å². The number of benzene rings is 1. The normalized spacial score (nSPS) is 18.1. The zero-order valence-electron chi connectivity index (χ0n) is 14.4. The summed E-state index contributed by atoms with van der Waals surface area (Å²) in [4.78, 5) is 22.4. The molecule has 1 amide bonds. The van der Waals surface area contributed by atoms with Gasteiger partial charge in [-0.05, 0) is 44.7 Å². The molecule has 0 spiro atoms. The fraction of sp³-hybridized carbons (Fsp3) is 0.556. The van der Waals surface area contributed by atoms with Crippen LogP contribution in [0.2, 0.25) is 0 Å². The minimum absolute atomic E-state index is 0.224. The number of carbonyl (C=O) groups excluding carboxylic acids is 1. The van der Waals surface area contributed by atoms with E-state index in [-0.39, 0.29) is 5.91 Å². The van der Waals surface area contributed by atoms with Crippen molar-refractivity contribution in [2.75, 3.05) is 18.9 Å². The van der Waals surface area contributed by atoms with Crippen molar-refractivity contribution >= 4 is 28.7 Å². The molecule has 130 valence electrons. The van der Waals surface area contributed by atoms with Crippen molar-refractivity contribution in [2.24, 2.45) is 0 Å². The lowest BCUT2D eigenvalue weighted by Crippen LogP contribution is -2.44. The van der Waals surface area contributed by atoms with E-state index in [4.69, 9.17) is 4.74 Å². The number of H-pyrrole nitrogens is 1. The number of aromatic amines is 1. The van der Waals surface area contributed by atoms with Gasteiger partial charge in [0.25, 0.3) is 0 Å². The number of amides is 1. The van der Waals surface area contributed by atoms with Crippen molar-refractivity contribution in [3.05, 3.63) is 18.2 Å². The van der Waals surface area contributed by atoms with Gasteiger partial charge in [0, 0.05) is 18.7 Å². The SMILES string of the molecule is CCOc1ccc2nc(SCC(=O)N3CCCCC3CC)[nH]c2c1. The number of imidazole rings is 1. The third-order valence-electron chi connectivity index (χ3n) is 4.49. The molecule has 0 radical (unpaired) electrons. The summed E-state index contributed by atoms with van der Waals surface area (Å²) in [7, 11) is 0. The molecule has 0 saturated carbocycles. The molecule has 1 atom stereocenters. The van der Waals surface area contributed by atoms with Crippen molar-refractivity contribution in [1.82, 2.24) is 14.9 Å². The summed E-state index contributed by atoms with van der Waals surface area (Å²) in [6.07, 6.45) is 4.54. The lowest BCUT2D eigenvalue weighted by atomic mass is 10.0. The van der Waals surface area contributed by atoms with Gasteiger partial charge >= 0.3 is 0 Å². The van der Waals surface area contributed by atoms with Crippen molar-refractivity contribution < 1.29 is 9.53 Å². The van der Waals surface area contributed by atoms with E-state index in [0.29, 0.717) is 18.4 Å². The number of likely N-dealkylation sites (tertiary alicyclic amines) is 1. The van der Waals surface area contributed by atoms with Gasteiger partial charge < -0.3 is 14.6 Å². The maximum absolute atomic E-state index is 12.5. The summed E-state index contributed by atoms with van der Waals surface area (Å²) in [5.41, 5.74) is 1.85. The van der Waals surface area contributed by atoms with E-state index in [2.05, 4.69) is 21.8 Å². The Kier molecular flexibility index (Phi) is 5.66. The number of hydrogen-bond acceptors (Lipinski definition) is 4. The Bertz CT molecular complexity index is 701. The van der Waals surface area contributed by atoms with Crippen LogP contribution in [0.1, 0.15) is 39.5 Å². The summed E-state index contributed by atoms with van der Waals surface area (Å²) in [6.45, 7) is 5.67. The summed E-state index contributed by atoms with van der Waals surface area (Å²) in [6, 6.07) is 6.23. The minimum atomic E-state index is 0.224. The first-order valence-electron chi connectivity index (χ1n) is 8.76. The molecule has 0 bridgehead atoms. The molecule has 1 fully saturated rings. The van der Waals surface area contributed by atoms with Gasteiger partial charge in [-0.15, -0.1) is 0 Å². The highest BCUT2D eigenvalue weighted by Crippen LogP contribution is 2.25. The number of piperidine rings is 1. The van der Waals surface area contributed by atoms with Crippen molar-refractivity contribution in [1.29, 1.82) is 0 Å². The first-order chi connectivity index (χ1) is 11.7. The van der Waals surface area contributed by atoms with Crippen LogP contribution >= 0.6 is 11.8 Å². The Morgan fingerprint density at radius 1 is 1.42 bits per heavy atom. The first kappa shape index (κ1) is 17.1. The minimum Gasteiger partial charge on any atom is -0.494 e. The second kappa shape index (κ2) is 7.92. The zero-order valence-corrected chi connectivity index (χ0v) is 15.2. The molecular formula is C18H25N3O2S. The smallest absolute Gasteiger partial charge is 0.233 e. The molecule has 24 heavy (non-hydrogen) atoms. The maximum Gasteiger partial charge on any atom is 0.233 e. The van der Waals surface area contributed by atoms with Crippen LogP contribution in [0, 0.1) is 0 Å². The number of hydrogen-bond donors (Lipinski definition) is 1. The Morgan fingerprint density at radius 3 is 3.08 bits per heavy atom. The largest absolute Gasteiger partial charge is 0.494 e. The molecule has 2 heterocycles. The predicted octanol–water partition coefficient (Wildman–Crippen LogP) is 3.84. The number of carbonyl (C=O) groups is 1. The second-order valence-corrected chi connectivity index (χ2v) is 7.05. The summed E-state index contributed by atoms with van der Waals surface area (Å²) < 4.78 is 5.51. The number of aromatic nitrogens is 2. The Balaban J connectivity index is 1.63. The van der Waals surface area contributed by atoms with Crippen LogP contribution in [0.25, 0.3) is 11.0 Å². The molecule has 1 N–H and O–H groups in total. The molecule has 1 saturated heterocycles. The van der Waals surface area contributed by atoms with Crippen LogP contribution in [0.3, 0.4) is 0 Å². The van der Waals surface area contributed by atoms with Gasteiger partial charge in [0.1, 0.15) is 5.75 Å². The number of rotatable bonds is 6. The van der Waals surface area contributed by atoms with Gasteiger partial charge in [-0.3, -0.25) is 4.79 Å². The number of nitrogens with one attached hydrogen (secondary N) is 1. The highest BCUT2D eigenvalue weighted by Gasteiger charge is 2.25. The van der Waals surface area contributed by atoms with Gasteiger partial charge in [-0.2, -0.15) is 0 Å². The number of nitrogens with zero attached hydrogens (tertiary/aromatic N) is 2. The van der Waals surface area contributed by atoms with Gasteiger partial charge in [-0.25, -0.2) is 4.98 Å². The summed E-state index contributed by atoms with van der Waals surface area (Å²) in [5, 5.41) is 0.789. The van der Waals surface area contributed by atoms with E-state index in [1.165, 1.54) is 18.2 Å². The quantitative estimate of drug-likeness (QED) is 0.807. The third kappa shape index (κ3) is 3.86. The molecule has 1 aliphatic heterocycles. The number of thioether (sulfide) groups is 1. The molecule has 1 aromatic carbocycles. The van der Waals surface area contributed by atoms with Crippen LogP contribution < -0.4 is 4.74 Å². The average molecular weight is 347 g/mol. The predicted molar refractivity (Wildman–Crippen MR) is 97.6 cm³/mol. The van der Waals surface area contributed by atoms with Crippen molar-refractivity contribution in [3.63, 3.8) is 0 Å². The lowest BCUT2D eigenvalue weighted by molar-refractivity contribution is -0.132. The Hall–Kier alpha value is -1.69. The average Bonchev–Trinajstić information content (AvgIpc) is 3.02. The van der Waals surface area contributed by atoms with Crippen LogP contribution in [-0.4, -0.2) is 45.7 Å². The van der Waals surface area contributed by atoms with Gasteiger partial charge in [0.15, 0.2) is 5.16 Å². The molecule has 1 aliphatic rings. The topological polar surface area (TPSA) is 58.2 Å². The number of ether oxygens (including phenoxy) is 1. The zero-order chi connectivity index (χ0) is 16.9. The van der Waals surface area contributed by atoms with E-state index in [0.717, 1.165) is 47.7 Å². The molecule has 5 nitrogen and oxygen atoms in total. The van der Waals surface area contributed by atoms with Crippen LogP contribution in [-0.2, 0) is 4.79 Å². The van der Waals surface area contributed by atoms with E-state index in [1.807, 2.05) is 25.1 Å². The fourth-order valence-corrected chi connectivity index (χ4v) is 4.03. The maximum atomic E-state index is 12.5. The standard InChI is InChI=1S/C18H25N3O2S/c1-3-13-7-5-6-10-21(13)17(22)12-24-18-19-15-9-8-14(23-4-2)11-16(15)20-18/h8-9,11,13H,3-7,10,12H2,1-2H3,(H,19,20). The lowest BCUT2D eigenvalue weighted by Gasteiger charge is -2.35. The van der Waals surface area contributed by atoms with Crippen molar-refractivity contribution in [3.8, 4) is 5.75 Å².